The van der Waals surface area contributed by atoms with Gasteiger partial charge < -0.3 is 24.1 Å². The number of fused-ring (bicyclic) bond motifs is 1. The molecular weight excluding hydrogens is 482 g/mol. The number of hydrogen-bond acceptors (Lipinski definition) is 8. The molecule has 1 N–H and O–H groups in total. The number of nitrogens with zero attached hydrogens (tertiary/aromatic N) is 4. The summed E-state index contributed by atoms with van der Waals surface area (Å²) in [5.41, 5.74) is 0.796. The number of methoxy groups -OCH3 is 3. The summed E-state index contributed by atoms with van der Waals surface area (Å²) in [5, 5.41) is 4.22. The average molecular weight is 497 g/mol. The van der Waals surface area contributed by atoms with Gasteiger partial charge in [-0.25, -0.2) is 9.97 Å². The molecule has 11 heteroatoms. The molecule has 0 bridgehead atoms. The van der Waals surface area contributed by atoms with E-state index in [9.17, 15) is 0 Å². The average Bonchev–Trinajstić information content (AvgIpc) is 3.32. The van der Waals surface area contributed by atoms with Crippen LogP contribution in [-0.2, 0) is 0 Å². The number of halogens is 2. The molecule has 0 radical (unpaired) electrons. The first-order valence-electron chi connectivity index (χ1n) is 8.26. The maximum Gasteiger partial charge on any atom is 0.225 e. The van der Waals surface area contributed by atoms with E-state index in [1.807, 2.05) is 29.0 Å². The highest BCUT2D eigenvalue weighted by atomic mass is 79.9. The van der Waals surface area contributed by atoms with E-state index in [0.717, 1.165) is 19.7 Å². The van der Waals surface area contributed by atoms with Gasteiger partial charge >= 0.3 is 0 Å². The Labute approximate surface area is 183 Å². The molecule has 0 saturated carbocycles. The van der Waals surface area contributed by atoms with Crippen molar-refractivity contribution in [2.75, 3.05) is 26.6 Å². The normalized spacial score (nSPS) is 10.9. The molecule has 8 nitrogen and oxygen atoms in total. The van der Waals surface area contributed by atoms with Crippen molar-refractivity contribution >= 4 is 60.7 Å². The Hall–Kier alpha value is -2.56. The molecule has 3 aromatic heterocycles. The third kappa shape index (κ3) is 3.83. The number of benzene rings is 1. The smallest absolute Gasteiger partial charge is 0.225 e. The molecule has 0 saturated heterocycles. The van der Waals surface area contributed by atoms with Gasteiger partial charge in [-0.2, -0.15) is 4.98 Å². The summed E-state index contributed by atoms with van der Waals surface area (Å²) in [6, 6.07) is 5.61. The van der Waals surface area contributed by atoms with Gasteiger partial charge in [0.15, 0.2) is 11.5 Å². The Morgan fingerprint density at radius 1 is 1.07 bits per heavy atom. The number of aromatic nitrogens is 4. The summed E-state index contributed by atoms with van der Waals surface area (Å²) in [7, 11) is 4.71. The van der Waals surface area contributed by atoms with E-state index >= 15 is 0 Å². The van der Waals surface area contributed by atoms with Crippen LogP contribution < -0.4 is 19.5 Å². The monoisotopic (exact) mass is 495 g/mol. The third-order valence-electron chi connectivity index (χ3n) is 4.11. The Morgan fingerprint density at radius 2 is 1.79 bits per heavy atom. The van der Waals surface area contributed by atoms with E-state index in [0.29, 0.717) is 28.9 Å². The first-order chi connectivity index (χ1) is 14.0. The van der Waals surface area contributed by atoms with Gasteiger partial charge in [0.05, 0.1) is 42.4 Å². The summed E-state index contributed by atoms with van der Waals surface area (Å²) >= 11 is 11.0. The number of thiophene rings is 1. The van der Waals surface area contributed by atoms with Crippen molar-refractivity contribution in [2.24, 2.45) is 0 Å². The molecule has 3 heterocycles. The van der Waals surface area contributed by atoms with Crippen molar-refractivity contribution in [1.82, 2.24) is 19.5 Å². The standard InChI is InChI=1S/C18H15BrClN5O3S/c1-26-11-4-9(5-12(27-2)15(11)28-3)25-7-14(21-8-25)22-16-10-6-13(19)29-17(10)24-18(20)23-16/h4-8H,1-3H3,(H,22,23,24). The highest BCUT2D eigenvalue weighted by Crippen LogP contribution is 2.39. The second kappa shape index (κ2) is 8.05. The quantitative estimate of drug-likeness (QED) is 0.373. The Morgan fingerprint density at radius 3 is 2.45 bits per heavy atom. The number of anilines is 2. The lowest BCUT2D eigenvalue weighted by molar-refractivity contribution is 0.324. The molecular formula is C18H15BrClN5O3S. The van der Waals surface area contributed by atoms with Crippen LogP contribution in [0, 0.1) is 0 Å². The maximum absolute atomic E-state index is 6.06. The number of ether oxygens (including phenoxy) is 3. The van der Waals surface area contributed by atoms with Crippen molar-refractivity contribution in [1.29, 1.82) is 0 Å². The predicted octanol–water partition coefficient (Wildman–Crippen LogP) is 5.06. The van der Waals surface area contributed by atoms with Crippen LogP contribution in [0.4, 0.5) is 11.6 Å². The van der Waals surface area contributed by atoms with Gasteiger partial charge in [0.25, 0.3) is 0 Å². The molecule has 150 valence electrons. The Bertz CT molecular complexity index is 1170. The largest absolute Gasteiger partial charge is 0.493 e. The van der Waals surface area contributed by atoms with Gasteiger partial charge in [-0.05, 0) is 33.6 Å². The van der Waals surface area contributed by atoms with Crippen LogP contribution in [0.5, 0.6) is 17.2 Å². The minimum atomic E-state index is 0.165. The minimum Gasteiger partial charge on any atom is -0.493 e. The third-order valence-corrected chi connectivity index (χ3v) is 5.81. The van der Waals surface area contributed by atoms with Crippen molar-refractivity contribution in [3.05, 3.63) is 39.8 Å². The summed E-state index contributed by atoms with van der Waals surface area (Å²) in [4.78, 5) is 13.7. The van der Waals surface area contributed by atoms with E-state index < -0.39 is 0 Å². The summed E-state index contributed by atoms with van der Waals surface area (Å²) < 4.78 is 19.0. The maximum atomic E-state index is 6.06. The van der Waals surface area contributed by atoms with Crippen molar-refractivity contribution in [3.8, 4) is 22.9 Å². The molecule has 0 amide bonds. The summed E-state index contributed by atoms with van der Waals surface area (Å²) in [6.07, 6.45) is 3.50. The SMILES string of the molecule is COc1cc(-n2cnc(Nc3nc(Cl)nc4sc(Br)cc34)c2)cc(OC)c1OC. The van der Waals surface area contributed by atoms with Gasteiger partial charge in [0.1, 0.15) is 22.8 Å². The molecule has 0 fully saturated rings. The molecule has 0 spiro atoms. The number of rotatable bonds is 6. The molecule has 0 aliphatic heterocycles. The van der Waals surface area contributed by atoms with E-state index in [-0.39, 0.29) is 5.28 Å². The topological polar surface area (TPSA) is 83.3 Å². The molecule has 0 unspecified atom stereocenters. The van der Waals surface area contributed by atoms with Crippen LogP contribution in [0.25, 0.3) is 15.9 Å². The van der Waals surface area contributed by atoms with Crippen LogP contribution >= 0.6 is 38.9 Å². The Balaban J connectivity index is 1.70. The second-order valence-corrected chi connectivity index (χ2v) is 8.53. The lowest BCUT2D eigenvalue weighted by Crippen LogP contribution is -1.99. The molecule has 4 rings (SSSR count). The number of nitrogens with one attached hydrogen (secondary N) is 1. The highest BCUT2D eigenvalue weighted by Gasteiger charge is 2.15. The van der Waals surface area contributed by atoms with E-state index in [1.165, 1.54) is 11.3 Å². The van der Waals surface area contributed by atoms with Crippen LogP contribution in [0.15, 0.2) is 34.5 Å². The van der Waals surface area contributed by atoms with Crippen LogP contribution in [-0.4, -0.2) is 40.8 Å². The van der Waals surface area contributed by atoms with Crippen LogP contribution in [0.1, 0.15) is 0 Å². The fraction of sp³-hybridized carbons (Fsp3) is 0.167. The highest BCUT2D eigenvalue weighted by molar-refractivity contribution is 9.11. The van der Waals surface area contributed by atoms with Gasteiger partial charge in [0.2, 0.25) is 11.0 Å². The minimum absolute atomic E-state index is 0.165. The first-order valence-corrected chi connectivity index (χ1v) is 10.2. The van der Waals surface area contributed by atoms with Crippen LogP contribution in [0.2, 0.25) is 5.28 Å². The molecule has 1 aromatic carbocycles. The molecule has 0 aliphatic carbocycles. The van der Waals surface area contributed by atoms with Crippen molar-refractivity contribution < 1.29 is 14.2 Å². The first kappa shape index (κ1) is 19.7. The fourth-order valence-electron chi connectivity index (χ4n) is 2.83. The van der Waals surface area contributed by atoms with E-state index in [1.54, 1.807) is 27.7 Å². The van der Waals surface area contributed by atoms with Gasteiger partial charge in [-0.3, -0.25) is 0 Å². The van der Waals surface area contributed by atoms with Gasteiger partial charge in [0, 0.05) is 12.1 Å². The van der Waals surface area contributed by atoms with Gasteiger partial charge in [-0.1, -0.05) is 0 Å². The number of hydrogen-bond donors (Lipinski definition) is 1. The fourth-order valence-corrected chi connectivity index (χ4v) is 4.49. The van der Waals surface area contributed by atoms with Gasteiger partial charge in [-0.15, -0.1) is 11.3 Å². The molecule has 29 heavy (non-hydrogen) atoms. The zero-order chi connectivity index (χ0) is 20.5. The predicted molar refractivity (Wildman–Crippen MR) is 117 cm³/mol. The molecule has 4 aromatic rings. The summed E-state index contributed by atoms with van der Waals surface area (Å²) in [6.45, 7) is 0. The lowest BCUT2D eigenvalue weighted by Gasteiger charge is -2.14. The van der Waals surface area contributed by atoms with E-state index in [4.69, 9.17) is 25.8 Å². The van der Waals surface area contributed by atoms with E-state index in [2.05, 4.69) is 36.2 Å². The zero-order valence-electron chi connectivity index (χ0n) is 15.6. The van der Waals surface area contributed by atoms with Crippen molar-refractivity contribution in [2.45, 2.75) is 0 Å². The van der Waals surface area contributed by atoms with Crippen LogP contribution in [0.3, 0.4) is 0 Å². The molecule has 0 aliphatic rings. The number of imidazole rings is 1. The molecule has 0 atom stereocenters. The summed E-state index contributed by atoms with van der Waals surface area (Å²) in [5.74, 6) is 2.81. The lowest BCUT2D eigenvalue weighted by atomic mass is 10.2. The zero-order valence-corrected chi connectivity index (χ0v) is 18.7. The second-order valence-electron chi connectivity index (χ2n) is 5.79. The van der Waals surface area contributed by atoms with Crippen molar-refractivity contribution in [3.63, 3.8) is 0 Å². The Kier molecular flexibility index (Phi) is 5.48.